The van der Waals surface area contributed by atoms with Gasteiger partial charge in [0.15, 0.2) is 0 Å². The summed E-state index contributed by atoms with van der Waals surface area (Å²) in [6, 6.07) is -0.533. The number of aliphatic hydroxyl groups is 2. The number of aliphatic hydroxyl groups excluding tert-OH is 2. The van der Waals surface area contributed by atoms with Gasteiger partial charge in [0.25, 0.3) is 0 Å². The van der Waals surface area contributed by atoms with Crippen molar-refractivity contribution in [1.82, 2.24) is 10.6 Å². The normalized spacial score (nSPS) is 10.5. The van der Waals surface area contributed by atoms with Gasteiger partial charge in [0, 0.05) is 13.0 Å². The summed E-state index contributed by atoms with van der Waals surface area (Å²) >= 11 is 0. The Bertz CT molecular complexity index is 137. The summed E-state index contributed by atoms with van der Waals surface area (Å²) < 4.78 is 0. The predicted octanol–water partition coefficient (Wildman–Crippen LogP) is -1.54. The minimum atomic E-state index is -0.533. The molecule has 0 saturated heterocycles. The fourth-order valence-electron chi connectivity index (χ4n) is 0.828. The van der Waals surface area contributed by atoms with Gasteiger partial charge < -0.3 is 20.8 Å². The predicted molar refractivity (Wildman–Crippen MR) is 49.3 cm³/mol. The minimum Gasteiger partial charge on any atom is -0.394 e. The molecule has 0 bridgehead atoms. The average molecular weight is 190 g/mol. The third-order valence-electron chi connectivity index (χ3n) is 1.58. The van der Waals surface area contributed by atoms with E-state index in [2.05, 4.69) is 10.6 Å². The van der Waals surface area contributed by atoms with Gasteiger partial charge in [-0.1, -0.05) is 6.92 Å². The van der Waals surface area contributed by atoms with Gasteiger partial charge in [-0.15, -0.1) is 0 Å². The van der Waals surface area contributed by atoms with Crippen LogP contribution in [0.25, 0.3) is 0 Å². The van der Waals surface area contributed by atoms with E-state index in [9.17, 15) is 4.79 Å². The van der Waals surface area contributed by atoms with Crippen LogP contribution in [0.2, 0.25) is 0 Å². The third-order valence-corrected chi connectivity index (χ3v) is 1.58. The molecule has 0 aromatic carbocycles. The SMILES string of the molecule is CCNCCC(=O)NC(CO)CO. The zero-order chi connectivity index (χ0) is 10.1. The molecule has 0 heterocycles. The molecule has 5 nitrogen and oxygen atoms in total. The van der Waals surface area contributed by atoms with Crippen LogP contribution in [0.4, 0.5) is 0 Å². The number of nitrogens with one attached hydrogen (secondary N) is 2. The molecular weight excluding hydrogens is 172 g/mol. The summed E-state index contributed by atoms with van der Waals surface area (Å²) in [4.78, 5) is 11.1. The lowest BCUT2D eigenvalue weighted by molar-refractivity contribution is -0.122. The van der Waals surface area contributed by atoms with Crippen molar-refractivity contribution in [2.24, 2.45) is 0 Å². The van der Waals surface area contributed by atoms with Gasteiger partial charge in [-0.3, -0.25) is 4.79 Å². The van der Waals surface area contributed by atoms with E-state index >= 15 is 0 Å². The van der Waals surface area contributed by atoms with Crippen molar-refractivity contribution in [2.45, 2.75) is 19.4 Å². The van der Waals surface area contributed by atoms with Crippen LogP contribution in [0, 0.1) is 0 Å². The van der Waals surface area contributed by atoms with Gasteiger partial charge in [0.2, 0.25) is 5.91 Å². The van der Waals surface area contributed by atoms with Crippen LogP contribution in [0.5, 0.6) is 0 Å². The summed E-state index contributed by atoms with van der Waals surface area (Å²) in [6.07, 6.45) is 0.365. The first-order chi connectivity index (χ1) is 6.24. The van der Waals surface area contributed by atoms with Crippen LogP contribution in [-0.2, 0) is 4.79 Å². The zero-order valence-corrected chi connectivity index (χ0v) is 7.92. The fourth-order valence-corrected chi connectivity index (χ4v) is 0.828. The Morgan fingerprint density at radius 2 is 2.00 bits per heavy atom. The molecule has 0 aliphatic heterocycles. The quantitative estimate of drug-likeness (QED) is 0.367. The van der Waals surface area contributed by atoms with Crippen molar-refractivity contribution in [3.05, 3.63) is 0 Å². The van der Waals surface area contributed by atoms with Gasteiger partial charge in [-0.25, -0.2) is 0 Å². The lowest BCUT2D eigenvalue weighted by Gasteiger charge is -2.12. The molecule has 5 heteroatoms. The van der Waals surface area contributed by atoms with Crippen molar-refractivity contribution < 1.29 is 15.0 Å². The van der Waals surface area contributed by atoms with Gasteiger partial charge in [-0.2, -0.15) is 0 Å². The highest BCUT2D eigenvalue weighted by Crippen LogP contribution is 1.83. The second-order valence-corrected chi connectivity index (χ2v) is 2.73. The second kappa shape index (κ2) is 7.97. The van der Waals surface area contributed by atoms with E-state index in [4.69, 9.17) is 10.2 Å². The molecule has 78 valence electrons. The van der Waals surface area contributed by atoms with Gasteiger partial charge in [0.05, 0.1) is 19.3 Å². The van der Waals surface area contributed by atoms with Crippen molar-refractivity contribution in [3.63, 3.8) is 0 Å². The molecule has 0 saturated carbocycles. The summed E-state index contributed by atoms with van der Waals surface area (Å²) in [5, 5.41) is 22.8. The Morgan fingerprint density at radius 3 is 2.46 bits per heavy atom. The number of amides is 1. The molecule has 0 radical (unpaired) electrons. The van der Waals surface area contributed by atoms with E-state index in [1.54, 1.807) is 0 Å². The largest absolute Gasteiger partial charge is 0.394 e. The van der Waals surface area contributed by atoms with Gasteiger partial charge in [0.1, 0.15) is 0 Å². The molecule has 0 aromatic rings. The van der Waals surface area contributed by atoms with Crippen LogP contribution >= 0.6 is 0 Å². The number of carbonyl (C=O) groups excluding carboxylic acids is 1. The van der Waals surface area contributed by atoms with Crippen LogP contribution < -0.4 is 10.6 Å². The molecule has 0 rings (SSSR count). The van der Waals surface area contributed by atoms with Crippen LogP contribution in [0.1, 0.15) is 13.3 Å². The van der Waals surface area contributed by atoms with Crippen molar-refractivity contribution in [1.29, 1.82) is 0 Å². The lowest BCUT2D eigenvalue weighted by atomic mass is 10.3. The Balaban J connectivity index is 3.48. The Morgan fingerprint density at radius 1 is 1.38 bits per heavy atom. The van der Waals surface area contributed by atoms with Gasteiger partial charge in [-0.05, 0) is 6.54 Å². The Hall–Kier alpha value is -0.650. The number of hydrogen-bond donors (Lipinski definition) is 4. The van der Waals surface area contributed by atoms with Crippen molar-refractivity contribution >= 4 is 5.91 Å². The molecule has 4 N–H and O–H groups in total. The standard InChI is InChI=1S/C8H18N2O3/c1-2-9-4-3-8(13)10-7(5-11)6-12/h7,9,11-12H,2-6H2,1H3,(H,10,13). The fraction of sp³-hybridized carbons (Fsp3) is 0.875. The number of rotatable bonds is 7. The minimum absolute atomic E-state index is 0.158. The monoisotopic (exact) mass is 190 g/mol. The molecule has 13 heavy (non-hydrogen) atoms. The third kappa shape index (κ3) is 6.51. The molecule has 0 fully saturated rings. The first kappa shape index (κ1) is 12.3. The van der Waals surface area contributed by atoms with Gasteiger partial charge >= 0.3 is 0 Å². The lowest BCUT2D eigenvalue weighted by Crippen LogP contribution is -2.41. The van der Waals surface area contributed by atoms with Crippen molar-refractivity contribution in [2.75, 3.05) is 26.3 Å². The van der Waals surface area contributed by atoms with E-state index < -0.39 is 6.04 Å². The Kier molecular flexibility index (Phi) is 7.57. The maximum Gasteiger partial charge on any atom is 0.221 e. The molecule has 0 atom stereocenters. The van der Waals surface area contributed by atoms with Crippen molar-refractivity contribution in [3.8, 4) is 0 Å². The van der Waals surface area contributed by atoms with E-state index in [1.165, 1.54) is 0 Å². The average Bonchev–Trinajstić information content (AvgIpc) is 2.14. The number of carbonyl (C=O) groups is 1. The molecule has 0 aromatic heterocycles. The molecule has 0 unspecified atom stereocenters. The summed E-state index contributed by atoms with van der Waals surface area (Å²) in [5.74, 6) is -0.158. The van der Waals surface area contributed by atoms with E-state index in [0.29, 0.717) is 13.0 Å². The molecule has 1 amide bonds. The topological polar surface area (TPSA) is 81.6 Å². The maximum absolute atomic E-state index is 11.1. The Labute approximate surface area is 78.1 Å². The van der Waals surface area contributed by atoms with E-state index in [1.807, 2.05) is 6.92 Å². The molecule has 0 spiro atoms. The highest BCUT2D eigenvalue weighted by molar-refractivity contribution is 5.76. The molecular formula is C8H18N2O3. The number of hydrogen-bond acceptors (Lipinski definition) is 4. The smallest absolute Gasteiger partial charge is 0.221 e. The first-order valence-electron chi connectivity index (χ1n) is 4.46. The zero-order valence-electron chi connectivity index (χ0n) is 7.92. The van der Waals surface area contributed by atoms with Crippen LogP contribution in [0.3, 0.4) is 0 Å². The van der Waals surface area contributed by atoms with E-state index in [-0.39, 0.29) is 19.1 Å². The van der Waals surface area contributed by atoms with Crippen LogP contribution in [0.15, 0.2) is 0 Å². The summed E-state index contributed by atoms with van der Waals surface area (Å²) in [6.45, 7) is 2.94. The molecule has 0 aliphatic carbocycles. The highest BCUT2D eigenvalue weighted by Gasteiger charge is 2.08. The highest BCUT2D eigenvalue weighted by atomic mass is 16.3. The van der Waals surface area contributed by atoms with Crippen LogP contribution in [-0.4, -0.2) is 48.5 Å². The summed E-state index contributed by atoms with van der Waals surface area (Å²) in [5.41, 5.74) is 0. The first-order valence-corrected chi connectivity index (χ1v) is 4.46. The maximum atomic E-state index is 11.1. The second-order valence-electron chi connectivity index (χ2n) is 2.73. The van der Waals surface area contributed by atoms with E-state index in [0.717, 1.165) is 6.54 Å². The molecule has 0 aliphatic rings. The summed E-state index contributed by atoms with van der Waals surface area (Å²) in [7, 11) is 0.